The molecule has 1 aliphatic heterocycles. The first-order chi connectivity index (χ1) is 12.7. The molecule has 1 saturated heterocycles. The Balaban J connectivity index is 1.34. The van der Waals surface area contributed by atoms with Gasteiger partial charge in [0.1, 0.15) is 10.8 Å². The van der Waals surface area contributed by atoms with Crippen molar-refractivity contribution in [3.05, 3.63) is 51.7 Å². The second kappa shape index (κ2) is 7.42. The maximum atomic E-state index is 14.1. The van der Waals surface area contributed by atoms with Crippen LogP contribution in [0.2, 0.25) is 0 Å². The van der Waals surface area contributed by atoms with Gasteiger partial charge in [-0.2, -0.15) is 0 Å². The minimum Gasteiger partial charge on any atom is -0.379 e. The molecule has 5 nitrogen and oxygen atoms in total. The summed E-state index contributed by atoms with van der Waals surface area (Å²) in [6.45, 7) is 4.59. The number of thiazole rings is 1. The molecule has 0 radical (unpaired) electrons. The van der Waals surface area contributed by atoms with Crippen LogP contribution >= 0.6 is 11.3 Å². The highest BCUT2D eigenvalue weighted by Gasteiger charge is 2.52. The largest absolute Gasteiger partial charge is 0.379 e. The van der Waals surface area contributed by atoms with Crippen LogP contribution in [0, 0.1) is 5.82 Å². The van der Waals surface area contributed by atoms with E-state index in [2.05, 4.69) is 15.2 Å². The van der Waals surface area contributed by atoms with Gasteiger partial charge in [0.15, 0.2) is 0 Å². The van der Waals surface area contributed by atoms with Crippen molar-refractivity contribution in [1.29, 1.82) is 0 Å². The van der Waals surface area contributed by atoms with E-state index in [1.807, 2.05) is 5.38 Å². The number of carbonyl (C=O) groups excluding carboxylic acids is 1. The van der Waals surface area contributed by atoms with Crippen LogP contribution in [0.5, 0.6) is 0 Å². The summed E-state index contributed by atoms with van der Waals surface area (Å²) in [5.74, 6) is -0.408. The monoisotopic (exact) mass is 375 g/mol. The van der Waals surface area contributed by atoms with Crippen LogP contribution in [-0.2, 0) is 28.0 Å². The number of amides is 1. The van der Waals surface area contributed by atoms with Crippen molar-refractivity contribution in [3.63, 3.8) is 0 Å². The van der Waals surface area contributed by atoms with Crippen molar-refractivity contribution in [1.82, 2.24) is 15.2 Å². The van der Waals surface area contributed by atoms with Crippen LogP contribution in [0.15, 0.2) is 29.6 Å². The maximum Gasteiger partial charge on any atom is 0.231 e. The number of morpholine rings is 1. The molecule has 2 aliphatic rings. The lowest BCUT2D eigenvalue weighted by Crippen LogP contribution is -2.36. The van der Waals surface area contributed by atoms with E-state index in [1.54, 1.807) is 29.5 Å². The third-order valence-electron chi connectivity index (χ3n) is 5.06. The van der Waals surface area contributed by atoms with Gasteiger partial charge in [0.05, 0.1) is 30.9 Å². The molecular weight excluding hydrogens is 353 g/mol. The lowest BCUT2D eigenvalue weighted by molar-refractivity contribution is -0.123. The van der Waals surface area contributed by atoms with E-state index < -0.39 is 5.41 Å². The van der Waals surface area contributed by atoms with Gasteiger partial charge in [0, 0.05) is 30.6 Å². The van der Waals surface area contributed by atoms with Crippen LogP contribution < -0.4 is 5.32 Å². The first-order valence-electron chi connectivity index (χ1n) is 8.94. The average molecular weight is 375 g/mol. The molecule has 1 aliphatic carbocycles. The summed E-state index contributed by atoms with van der Waals surface area (Å²) in [4.78, 5) is 19.6. The van der Waals surface area contributed by atoms with Crippen molar-refractivity contribution >= 4 is 17.2 Å². The molecule has 1 amide bonds. The van der Waals surface area contributed by atoms with Crippen LogP contribution in [0.1, 0.15) is 29.1 Å². The minimum absolute atomic E-state index is 0.104. The predicted octanol–water partition coefficient (Wildman–Crippen LogP) is 2.46. The predicted molar refractivity (Wildman–Crippen MR) is 97.4 cm³/mol. The zero-order valence-corrected chi connectivity index (χ0v) is 15.4. The molecule has 1 saturated carbocycles. The lowest BCUT2D eigenvalue weighted by atomic mass is 9.94. The average Bonchev–Trinajstić information content (AvgIpc) is 3.35. The second-order valence-electron chi connectivity index (χ2n) is 6.87. The van der Waals surface area contributed by atoms with Crippen LogP contribution in [0.3, 0.4) is 0 Å². The Labute approximate surface area is 156 Å². The van der Waals surface area contributed by atoms with Crippen molar-refractivity contribution in [2.75, 3.05) is 26.3 Å². The number of benzene rings is 1. The van der Waals surface area contributed by atoms with Gasteiger partial charge in [-0.25, -0.2) is 9.37 Å². The first kappa shape index (κ1) is 17.6. The molecule has 0 unspecified atom stereocenters. The Morgan fingerprint density at radius 2 is 2.08 bits per heavy atom. The van der Waals surface area contributed by atoms with Gasteiger partial charge >= 0.3 is 0 Å². The Morgan fingerprint density at radius 3 is 2.81 bits per heavy atom. The quantitative estimate of drug-likeness (QED) is 0.843. The zero-order chi connectivity index (χ0) is 18.0. The van der Waals surface area contributed by atoms with Crippen LogP contribution in [0.4, 0.5) is 4.39 Å². The summed E-state index contributed by atoms with van der Waals surface area (Å²) < 4.78 is 19.4. The topological polar surface area (TPSA) is 54.5 Å². The fourth-order valence-corrected chi connectivity index (χ4v) is 4.13. The summed E-state index contributed by atoms with van der Waals surface area (Å²) >= 11 is 1.55. The maximum absolute atomic E-state index is 14.1. The van der Waals surface area contributed by atoms with Crippen LogP contribution in [-0.4, -0.2) is 42.1 Å². The fourth-order valence-electron chi connectivity index (χ4n) is 3.41. The summed E-state index contributed by atoms with van der Waals surface area (Å²) in [7, 11) is 0. The summed E-state index contributed by atoms with van der Waals surface area (Å²) in [5, 5.41) is 5.88. The van der Waals surface area contributed by atoms with E-state index >= 15 is 0 Å². The summed E-state index contributed by atoms with van der Waals surface area (Å²) in [6.07, 6.45) is 1.39. The van der Waals surface area contributed by atoms with Crippen LogP contribution in [0.25, 0.3) is 0 Å². The highest BCUT2D eigenvalue weighted by molar-refractivity contribution is 7.09. The van der Waals surface area contributed by atoms with Gasteiger partial charge in [-0.3, -0.25) is 9.69 Å². The highest BCUT2D eigenvalue weighted by Crippen LogP contribution is 2.49. The molecule has 1 aromatic carbocycles. The minimum atomic E-state index is -0.695. The second-order valence-corrected chi connectivity index (χ2v) is 7.81. The van der Waals surface area contributed by atoms with Gasteiger partial charge in [-0.15, -0.1) is 11.3 Å². The molecular formula is C19H22FN3O2S. The van der Waals surface area contributed by atoms with Gasteiger partial charge < -0.3 is 10.1 Å². The number of carbonyl (C=O) groups is 1. The first-order valence-corrected chi connectivity index (χ1v) is 9.82. The van der Waals surface area contributed by atoms with Crippen molar-refractivity contribution < 1.29 is 13.9 Å². The van der Waals surface area contributed by atoms with E-state index in [-0.39, 0.29) is 11.7 Å². The van der Waals surface area contributed by atoms with Gasteiger partial charge in [-0.05, 0) is 18.9 Å². The molecule has 2 fully saturated rings. The molecule has 0 bridgehead atoms. The van der Waals surface area contributed by atoms with E-state index in [0.717, 1.165) is 43.5 Å². The molecule has 0 spiro atoms. The standard InChI is InChI=1S/C19H22FN3O2S/c20-16-4-2-1-3-15(16)19(5-6-19)18(24)21-11-17-22-14(13-26-17)12-23-7-9-25-10-8-23/h1-4,13H,5-12H2,(H,21,24). The normalized spacial score (nSPS) is 19.3. The summed E-state index contributed by atoms with van der Waals surface area (Å²) in [5.41, 5.74) is 0.834. The van der Waals surface area contributed by atoms with Gasteiger partial charge in [0.25, 0.3) is 0 Å². The number of hydrogen-bond acceptors (Lipinski definition) is 5. The van der Waals surface area contributed by atoms with Crippen molar-refractivity contribution in [2.45, 2.75) is 31.3 Å². The van der Waals surface area contributed by atoms with E-state index in [4.69, 9.17) is 4.74 Å². The van der Waals surface area contributed by atoms with Gasteiger partial charge in [-0.1, -0.05) is 18.2 Å². The molecule has 7 heteroatoms. The Morgan fingerprint density at radius 1 is 1.31 bits per heavy atom. The zero-order valence-electron chi connectivity index (χ0n) is 14.5. The molecule has 138 valence electrons. The number of halogens is 1. The number of nitrogens with one attached hydrogen (secondary N) is 1. The Hall–Kier alpha value is -1.83. The smallest absolute Gasteiger partial charge is 0.231 e. The van der Waals surface area contributed by atoms with E-state index in [1.165, 1.54) is 6.07 Å². The highest BCUT2D eigenvalue weighted by atomic mass is 32.1. The Bertz CT molecular complexity index is 785. The lowest BCUT2D eigenvalue weighted by Gasteiger charge is -2.25. The third kappa shape index (κ3) is 3.65. The van der Waals surface area contributed by atoms with Crippen molar-refractivity contribution in [2.24, 2.45) is 0 Å². The number of nitrogens with zero attached hydrogens (tertiary/aromatic N) is 2. The fraction of sp³-hybridized carbons (Fsp3) is 0.474. The molecule has 4 rings (SSSR count). The molecule has 0 atom stereocenters. The Kier molecular flexibility index (Phi) is 5.02. The molecule has 2 heterocycles. The number of aromatic nitrogens is 1. The van der Waals surface area contributed by atoms with E-state index in [0.29, 0.717) is 24.9 Å². The molecule has 1 aromatic heterocycles. The number of rotatable bonds is 6. The molecule has 26 heavy (non-hydrogen) atoms. The van der Waals surface area contributed by atoms with Crippen molar-refractivity contribution in [3.8, 4) is 0 Å². The number of hydrogen-bond donors (Lipinski definition) is 1. The molecule has 2 aromatic rings. The molecule has 1 N–H and O–H groups in total. The third-order valence-corrected chi connectivity index (χ3v) is 5.96. The van der Waals surface area contributed by atoms with E-state index in [9.17, 15) is 9.18 Å². The van der Waals surface area contributed by atoms with Gasteiger partial charge in [0.2, 0.25) is 5.91 Å². The summed E-state index contributed by atoms with van der Waals surface area (Å²) in [6, 6.07) is 6.57. The SMILES string of the molecule is O=C(NCc1nc(CN2CCOCC2)cs1)C1(c2ccccc2F)CC1. The number of ether oxygens (including phenoxy) is 1.